The van der Waals surface area contributed by atoms with Crippen molar-refractivity contribution in [1.29, 1.82) is 0 Å². The molecule has 1 aromatic heterocycles. The van der Waals surface area contributed by atoms with Gasteiger partial charge in [0.15, 0.2) is 0 Å². The summed E-state index contributed by atoms with van der Waals surface area (Å²) in [5.41, 5.74) is 2.04. The van der Waals surface area contributed by atoms with Gasteiger partial charge in [-0.1, -0.05) is 108 Å². The number of rotatable bonds is 13. The molecule has 0 radical (unpaired) electrons. The normalized spacial score (nSPS) is 21.0. The van der Waals surface area contributed by atoms with Crippen LogP contribution in [0.25, 0.3) is 11.0 Å². The molecule has 6 unspecified atom stereocenters. The number of benzene rings is 6. The first-order valence-electron chi connectivity index (χ1n) is 23.1. The van der Waals surface area contributed by atoms with Crippen LogP contribution in [0.4, 0.5) is 16.2 Å². The number of amides is 3. The van der Waals surface area contributed by atoms with Crippen molar-refractivity contribution < 1.29 is 43.4 Å². The predicted octanol–water partition coefficient (Wildman–Crippen LogP) is 7.07. The Morgan fingerprint density at radius 2 is 1.60 bits per heavy atom. The summed E-state index contributed by atoms with van der Waals surface area (Å²) in [7, 11) is 0. The first-order chi connectivity index (χ1) is 35.1. The highest BCUT2D eigenvalue weighted by Crippen LogP contribution is 2.66. The van der Waals surface area contributed by atoms with Crippen molar-refractivity contribution in [1.82, 2.24) is 25.2 Å². The molecule has 360 valence electrons. The number of hydrogen-bond acceptors (Lipinski definition) is 13. The Kier molecular flexibility index (Phi) is 12.8. The number of imide groups is 1. The molecule has 0 saturated carbocycles. The molecule has 0 aliphatic carbocycles. The number of hydrogen-bond donors (Lipinski definition) is 2. The Morgan fingerprint density at radius 1 is 0.875 bits per heavy atom. The van der Waals surface area contributed by atoms with Gasteiger partial charge in [0.1, 0.15) is 48.6 Å². The molecular formula is C55H45N7O10. The lowest BCUT2D eigenvalue weighted by atomic mass is 9.65. The molecule has 2 N–H and O–H groups in total. The maximum atomic E-state index is 16.5. The number of aliphatic hydroxyl groups is 1. The quantitative estimate of drug-likeness (QED) is 0.0390. The fourth-order valence-corrected chi connectivity index (χ4v) is 10.4. The second-order valence-electron chi connectivity index (χ2n) is 17.3. The number of nitrogens with zero attached hydrogens (tertiary/aromatic N) is 6. The van der Waals surface area contributed by atoms with Crippen molar-refractivity contribution in [2.45, 2.75) is 42.8 Å². The zero-order valence-corrected chi connectivity index (χ0v) is 38.4. The Hall–Kier alpha value is -8.98. The third-order valence-electron chi connectivity index (χ3n) is 13.3. The molecule has 0 bridgehead atoms. The van der Waals surface area contributed by atoms with E-state index in [4.69, 9.17) is 14.2 Å². The van der Waals surface area contributed by atoms with E-state index in [1.807, 2.05) is 89.8 Å². The lowest BCUT2D eigenvalue weighted by molar-refractivity contribution is -0.384. The number of cyclic esters (lactones) is 1. The topological polar surface area (TPSA) is 209 Å². The van der Waals surface area contributed by atoms with Crippen LogP contribution < -0.4 is 15.0 Å². The van der Waals surface area contributed by atoms with Gasteiger partial charge < -0.3 is 24.6 Å². The first-order valence-corrected chi connectivity index (χ1v) is 23.1. The van der Waals surface area contributed by atoms with Gasteiger partial charge in [0.05, 0.1) is 40.7 Å². The van der Waals surface area contributed by atoms with E-state index in [0.717, 1.165) is 10.4 Å². The molecule has 1 spiro atoms. The number of nitro benzene ring substituents is 1. The van der Waals surface area contributed by atoms with E-state index in [2.05, 4.69) is 34.0 Å². The van der Waals surface area contributed by atoms with E-state index in [1.54, 1.807) is 47.1 Å². The SMILES string of the molecule is C=CCNC(=O)C1C2C(=O)OC(c3ccccc3)C(c3ccccc3)N2C(c2cccc(OCCO)c2)C12C(=O)N(C(=O)OCc1ccc([N+](=O)[O-])cc1)c1ccc(C#CCn3nnc4ccccc43)cc12. The lowest BCUT2D eigenvalue weighted by Gasteiger charge is -2.46. The van der Waals surface area contributed by atoms with E-state index in [-0.39, 0.29) is 49.8 Å². The van der Waals surface area contributed by atoms with Crippen molar-refractivity contribution in [3.63, 3.8) is 0 Å². The summed E-state index contributed by atoms with van der Waals surface area (Å²) in [5, 5.41) is 32.6. The van der Waals surface area contributed by atoms with Crippen LogP contribution in [0, 0.1) is 27.9 Å². The minimum Gasteiger partial charge on any atom is -0.491 e. The molecule has 3 aliphatic heterocycles. The van der Waals surface area contributed by atoms with Crippen LogP contribution in [0.3, 0.4) is 0 Å². The van der Waals surface area contributed by atoms with E-state index in [0.29, 0.717) is 39.1 Å². The molecule has 17 nitrogen and oxygen atoms in total. The summed E-state index contributed by atoms with van der Waals surface area (Å²) < 4.78 is 20.0. The number of anilines is 1. The van der Waals surface area contributed by atoms with Crippen molar-refractivity contribution >= 4 is 46.3 Å². The minimum absolute atomic E-state index is 0.0401. The number of nitrogens with one attached hydrogen (secondary N) is 1. The van der Waals surface area contributed by atoms with Crippen LogP contribution in [-0.4, -0.2) is 79.6 Å². The van der Waals surface area contributed by atoms with Crippen LogP contribution in [0.5, 0.6) is 5.75 Å². The molecular weight excluding hydrogens is 919 g/mol. The van der Waals surface area contributed by atoms with Gasteiger partial charge in [-0.2, -0.15) is 0 Å². The minimum atomic E-state index is -2.13. The molecule has 2 saturated heterocycles. The number of non-ortho nitro benzene ring substituents is 1. The zero-order valence-electron chi connectivity index (χ0n) is 38.4. The summed E-state index contributed by atoms with van der Waals surface area (Å²) in [6.45, 7) is 3.18. The molecule has 10 rings (SSSR count). The molecule has 2 fully saturated rings. The predicted molar refractivity (Wildman–Crippen MR) is 262 cm³/mol. The summed E-state index contributed by atoms with van der Waals surface area (Å²) in [6, 6.07) is 39.7. The van der Waals surface area contributed by atoms with Gasteiger partial charge in [-0.25, -0.2) is 14.4 Å². The highest BCUT2D eigenvalue weighted by molar-refractivity contribution is 6.23. The van der Waals surface area contributed by atoms with Crippen LogP contribution >= 0.6 is 0 Å². The number of fused-ring (bicyclic) bond motifs is 4. The highest BCUT2D eigenvalue weighted by Gasteiger charge is 2.75. The number of morpholine rings is 1. The Morgan fingerprint density at radius 3 is 2.33 bits per heavy atom. The number of nitro groups is 1. The van der Waals surface area contributed by atoms with Gasteiger partial charge in [-0.15, -0.1) is 11.7 Å². The summed E-state index contributed by atoms with van der Waals surface area (Å²) in [4.78, 5) is 75.7. The van der Waals surface area contributed by atoms with Gasteiger partial charge in [0, 0.05) is 24.2 Å². The molecule has 17 heteroatoms. The van der Waals surface area contributed by atoms with Crippen molar-refractivity contribution in [2.24, 2.45) is 5.92 Å². The fraction of sp³-hybridized carbons (Fsp3) is 0.200. The van der Waals surface area contributed by atoms with Crippen molar-refractivity contribution in [3.05, 3.63) is 208 Å². The van der Waals surface area contributed by atoms with Gasteiger partial charge >= 0.3 is 12.1 Å². The average molecular weight is 964 g/mol. The second-order valence-corrected chi connectivity index (χ2v) is 17.3. The molecule has 6 aromatic carbocycles. The van der Waals surface area contributed by atoms with Crippen LogP contribution in [-0.2, 0) is 42.4 Å². The number of carbonyl (C=O) groups excluding carboxylic acids is 4. The Balaban J connectivity index is 1.21. The highest BCUT2D eigenvalue weighted by atomic mass is 16.6. The molecule has 4 heterocycles. The maximum absolute atomic E-state index is 16.5. The zero-order chi connectivity index (χ0) is 49.9. The van der Waals surface area contributed by atoms with Crippen molar-refractivity contribution in [2.75, 3.05) is 24.7 Å². The van der Waals surface area contributed by atoms with E-state index >= 15 is 14.4 Å². The van der Waals surface area contributed by atoms with Crippen LogP contribution in [0.1, 0.15) is 51.6 Å². The fourth-order valence-electron chi connectivity index (χ4n) is 10.4. The molecule has 3 aliphatic rings. The molecule has 72 heavy (non-hydrogen) atoms. The number of para-hydroxylation sites is 1. The van der Waals surface area contributed by atoms with Crippen molar-refractivity contribution in [3.8, 4) is 17.6 Å². The smallest absolute Gasteiger partial charge is 0.421 e. The summed E-state index contributed by atoms with van der Waals surface area (Å²) in [5.74, 6) is 2.75. The Bertz CT molecular complexity index is 3300. The number of aliphatic hydroxyl groups excluding tert-OH is 1. The largest absolute Gasteiger partial charge is 0.491 e. The number of esters is 1. The first kappa shape index (κ1) is 46.7. The summed E-state index contributed by atoms with van der Waals surface area (Å²) >= 11 is 0. The monoisotopic (exact) mass is 963 g/mol. The van der Waals surface area contributed by atoms with E-state index < -0.39 is 64.4 Å². The van der Waals surface area contributed by atoms with E-state index in [9.17, 15) is 20.0 Å². The molecule has 3 amide bonds. The molecule has 7 aromatic rings. The number of carbonyl (C=O) groups is 4. The lowest BCUT2D eigenvalue weighted by Crippen LogP contribution is -2.55. The number of aromatic nitrogens is 3. The second kappa shape index (κ2) is 19.8. The van der Waals surface area contributed by atoms with Crippen LogP contribution in [0.2, 0.25) is 0 Å². The van der Waals surface area contributed by atoms with Gasteiger partial charge in [0.25, 0.3) is 5.69 Å². The standard InChI is InChI=1S/C55H45N7O10/c1-2-28-56-51(64)46-48-52(65)72-49(38-16-7-4-8-17-38)47(37-14-5-3-6-15-37)61(48)50(39-18-11-19-41(33-39)70-31-30-63)55(46)42-32-35(13-12-29-59-45-21-10-9-20-43(45)57-58-59)24-27-44(42)60(53(55)66)54(67)71-34-36-22-25-40(26-23-36)62(68)69/h2-11,14-27,32-33,46-50,63H,1,28-31,34H2,(H,56,64). The average Bonchev–Trinajstić information content (AvgIpc) is 4.05. The van der Waals surface area contributed by atoms with Gasteiger partial charge in [-0.3, -0.25) is 29.4 Å². The van der Waals surface area contributed by atoms with Crippen LogP contribution in [0.15, 0.2) is 164 Å². The van der Waals surface area contributed by atoms with E-state index in [1.165, 1.54) is 30.3 Å². The summed E-state index contributed by atoms with van der Waals surface area (Å²) in [6.07, 6.45) is -0.594. The molecule has 6 atom stereocenters. The van der Waals surface area contributed by atoms with Gasteiger partial charge in [-0.05, 0) is 82.4 Å². The maximum Gasteiger partial charge on any atom is 0.421 e. The third kappa shape index (κ3) is 8.27. The van der Waals surface area contributed by atoms with Gasteiger partial charge in [0.2, 0.25) is 11.8 Å². The number of ether oxygens (including phenoxy) is 3. The third-order valence-corrected chi connectivity index (χ3v) is 13.3. The Labute approximate surface area is 412 Å².